The molecule has 1 heterocycles. The normalized spacial score (nSPS) is 27.8. The standard InChI is InChI=1S/C4H8NO3/c6-4(7)3-8-2-1-5-4/h6-7H,1-3H2. The third kappa shape index (κ3) is 1.41. The Hall–Kier alpha value is -0.160. The van der Waals surface area contributed by atoms with Crippen LogP contribution in [0.25, 0.3) is 0 Å². The van der Waals surface area contributed by atoms with Crippen molar-refractivity contribution in [1.29, 1.82) is 0 Å². The first-order valence-electron chi connectivity index (χ1n) is 2.42. The molecule has 0 bridgehead atoms. The minimum absolute atomic E-state index is 0.104. The van der Waals surface area contributed by atoms with Gasteiger partial charge in [0, 0.05) is 6.54 Å². The summed E-state index contributed by atoms with van der Waals surface area (Å²) in [5, 5.41) is 20.7. The quantitative estimate of drug-likeness (QED) is 0.371. The maximum Gasteiger partial charge on any atom is 0.262 e. The fraction of sp³-hybridized carbons (Fsp3) is 1.00. The predicted octanol–water partition coefficient (Wildman–Crippen LogP) is -1.74. The Bertz CT molecular complexity index is 75.4. The van der Waals surface area contributed by atoms with E-state index in [2.05, 4.69) is 5.32 Å². The lowest BCUT2D eigenvalue weighted by atomic mass is 10.4. The van der Waals surface area contributed by atoms with Crippen molar-refractivity contribution in [2.75, 3.05) is 19.8 Å². The van der Waals surface area contributed by atoms with Crippen molar-refractivity contribution >= 4 is 0 Å². The van der Waals surface area contributed by atoms with Crippen molar-refractivity contribution in [3.63, 3.8) is 0 Å². The largest absolute Gasteiger partial charge is 0.373 e. The lowest BCUT2D eigenvalue weighted by Crippen LogP contribution is -2.49. The van der Waals surface area contributed by atoms with Gasteiger partial charge in [0.1, 0.15) is 6.61 Å². The highest BCUT2D eigenvalue weighted by molar-refractivity contribution is 4.63. The second-order valence-corrected chi connectivity index (χ2v) is 1.71. The van der Waals surface area contributed by atoms with Crippen molar-refractivity contribution in [1.82, 2.24) is 5.32 Å². The van der Waals surface area contributed by atoms with Crippen LogP contribution in [-0.4, -0.2) is 35.9 Å². The van der Waals surface area contributed by atoms with Crippen LogP contribution < -0.4 is 5.32 Å². The number of hydrogen-bond acceptors (Lipinski definition) is 3. The van der Waals surface area contributed by atoms with E-state index in [1.54, 1.807) is 0 Å². The third-order valence-electron chi connectivity index (χ3n) is 0.896. The van der Waals surface area contributed by atoms with Gasteiger partial charge in [0.2, 0.25) is 0 Å². The van der Waals surface area contributed by atoms with Crippen molar-refractivity contribution in [2.45, 2.75) is 5.91 Å². The highest BCUT2D eigenvalue weighted by Crippen LogP contribution is 2.00. The summed E-state index contributed by atoms with van der Waals surface area (Å²) in [5.74, 6) is -1.92. The smallest absolute Gasteiger partial charge is 0.262 e. The van der Waals surface area contributed by atoms with Gasteiger partial charge in [-0.2, -0.15) is 5.32 Å². The van der Waals surface area contributed by atoms with Crippen LogP contribution in [-0.2, 0) is 4.74 Å². The Morgan fingerprint density at radius 2 is 2.25 bits per heavy atom. The second-order valence-electron chi connectivity index (χ2n) is 1.71. The van der Waals surface area contributed by atoms with Gasteiger partial charge in [0.25, 0.3) is 5.91 Å². The lowest BCUT2D eigenvalue weighted by molar-refractivity contribution is -0.239. The van der Waals surface area contributed by atoms with E-state index in [1.807, 2.05) is 0 Å². The molecular weight excluding hydrogens is 110 g/mol. The average molecular weight is 118 g/mol. The fourth-order valence-electron chi connectivity index (χ4n) is 0.544. The van der Waals surface area contributed by atoms with Crippen LogP contribution in [0, 0.1) is 0 Å². The average Bonchev–Trinajstić information content (AvgIpc) is 1.65. The molecule has 1 radical (unpaired) electrons. The molecule has 4 nitrogen and oxygen atoms in total. The SMILES string of the molecule is OC1(O)COCC[N]1. The molecule has 1 saturated heterocycles. The number of aliphatic hydroxyl groups is 2. The summed E-state index contributed by atoms with van der Waals surface area (Å²) in [5.41, 5.74) is 0. The highest BCUT2D eigenvalue weighted by atomic mass is 16.6. The predicted molar refractivity (Wildman–Crippen MR) is 25.0 cm³/mol. The number of morpholine rings is 1. The zero-order chi connectivity index (χ0) is 6.04. The molecule has 0 aromatic rings. The topological polar surface area (TPSA) is 63.8 Å². The van der Waals surface area contributed by atoms with E-state index < -0.39 is 5.91 Å². The summed E-state index contributed by atoms with van der Waals surface area (Å²) in [6.45, 7) is 0.753. The number of hydrogen-bond donors (Lipinski definition) is 2. The van der Waals surface area contributed by atoms with Gasteiger partial charge < -0.3 is 14.9 Å². The lowest BCUT2D eigenvalue weighted by Gasteiger charge is -2.24. The van der Waals surface area contributed by atoms with E-state index >= 15 is 0 Å². The summed E-state index contributed by atoms with van der Waals surface area (Å²) in [7, 11) is 0. The van der Waals surface area contributed by atoms with Gasteiger partial charge >= 0.3 is 0 Å². The van der Waals surface area contributed by atoms with Crippen LogP contribution in [0.1, 0.15) is 0 Å². The van der Waals surface area contributed by atoms with Gasteiger partial charge in [-0.05, 0) is 0 Å². The van der Waals surface area contributed by atoms with Crippen LogP contribution in [0.2, 0.25) is 0 Å². The van der Waals surface area contributed by atoms with Crippen molar-refractivity contribution < 1.29 is 14.9 Å². The summed E-state index contributed by atoms with van der Waals surface area (Å²) in [6.07, 6.45) is 0. The van der Waals surface area contributed by atoms with Gasteiger partial charge in [-0.3, -0.25) is 0 Å². The first-order valence-corrected chi connectivity index (χ1v) is 2.42. The summed E-state index contributed by atoms with van der Waals surface area (Å²) >= 11 is 0. The molecule has 0 spiro atoms. The molecule has 2 N–H and O–H groups in total. The van der Waals surface area contributed by atoms with Gasteiger partial charge in [-0.25, -0.2) is 0 Å². The molecule has 1 fully saturated rings. The first-order chi connectivity index (χ1) is 3.71. The molecule has 4 heteroatoms. The minimum Gasteiger partial charge on any atom is -0.373 e. The number of rotatable bonds is 0. The molecule has 0 saturated carbocycles. The first kappa shape index (κ1) is 5.97. The monoisotopic (exact) mass is 118 g/mol. The van der Waals surface area contributed by atoms with E-state index in [-0.39, 0.29) is 6.61 Å². The van der Waals surface area contributed by atoms with Crippen LogP contribution in [0.4, 0.5) is 0 Å². The zero-order valence-electron chi connectivity index (χ0n) is 4.37. The van der Waals surface area contributed by atoms with Crippen LogP contribution >= 0.6 is 0 Å². The molecule has 47 valence electrons. The Kier molecular flexibility index (Phi) is 1.48. The number of nitrogens with zero attached hydrogens (tertiary/aromatic N) is 1. The molecule has 1 aliphatic rings. The van der Waals surface area contributed by atoms with Gasteiger partial charge in [-0.15, -0.1) is 0 Å². The van der Waals surface area contributed by atoms with E-state index in [9.17, 15) is 0 Å². The van der Waals surface area contributed by atoms with Gasteiger partial charge in [0.05, 0.1) is 6.61 Å². The van der Waals surface area contributed by atoms with Crippen molar-refractivity contribution in [3.05, 3.63) is 0 Å². The molecule has 0 unspecified atom stereocenters. The maximum absolute atomic E-state index is 8.64. The van der Waals surface area contributed by atoms with E-state index in [1.165, 1.54) is 0 Å². The van der Waals surface area contributed by atoms with E-state index in [0.29, 0.717) is 13.2 Å². The fourth-order valence-corrected chi connectivity index (χ4v) is 0.544. The molecule has 0 amide bonds. The van der Waals surface area contributed by atoms with Gasteiger partial charge in [0.15, 0.2) is 0 Å². The van der Waals surface area contributed by atoms with Crippen LogP contribution in [0.5, 0.6) is 0 Å². The highest BCUT2D eigenvalue weighted by Gasteiger charge is 2.27. The second kappa shape index (κ2) is 1.99. The molecular formula is C4H8NO3. The Balaban J connectivity index is 2.33. The molecule has 0 aromatic carbocycles. The zero-order valence-corrected chi connectivity index (χ0v) is 4.37. The summed E-state index contributed by atoms with van der Waals surface area (Å²) < 4.78 is 4.69. The Morgan fingerprint density at radius 1 is 1.50 bits per heavy atom. The molecule has 8 heavy (non-hydrogen) atoms. The molecule has 0 aromatic heterocycles. The van der Waals surface area contributed by atoms with Crippen LogP contribution in [0.15, 0.2) is 0 Å². The Morgan fingerprint density at radius 3 is 2.50 bits per heavy atom. The van der Waals surface area contributed by atoms with Gasteiger partial charge in [-0.1, -0.05) is 0 Å². The number of ether oxygens (including phenoxy) is 1. The maximum atomic E-state index is 8.64. The van der Waals surface area contributed by atoms with E-state index in [4.69, 9.17) is 14.9 Å². The van der Waals surface area contributed by atoms with Crippen molar-refractivity contribution in [2.24, 2.45) is 0 Å². The summed E-state index contributed by atoms with van der Waals surface area (Å²) in [6, 6.07) is 0. The third-order valence-corrected chi connectivity index (χ3v) is 0.896. The Labute approximate surface area is 47.1 Å². The summed E-state index contributed by atoms with van der Waals surface area (Å²) in [4.78, 5) is 0. The minimum atomic E-state index is -1.92. The van der Waals surface area contributed by atoms with E-state index in [0.717, 1.165) is 0 Å². The molecule has 0 aliphatic carbocycles. The van der Waals surface area contributed by atoms with Crippen LogP contribution in [0.3, 0.4) is 0 Å². The molecule has 1 aliphatic heterocycles. The van der Waals surface area contributed by atoms with Crippen molar-refractivity contribution in [3.8, 4) is 0 Å². The molecule has 1 rings (SSSR count). The molecule has 0 atom stereocenters.